The predicted molar refractivity (Wildman–Crippen MR) is 89.6 cm³/mol. The summed E-state index contributed by atoms with van der Waals surface area (Å²) in [6, 6.07) is 10.4. The molecule has 1 aromatic rings. The number of piperidine rings is 1. The summed E-state index contributed by atoms with van der Waals surface area (Å²) in [4.78, 5) is 14.6. The largest absolute Gasteiger partial charge is 0.396 e. The first-order valence-corrected chi connectivity index (χ1v) is 8.48. The van der Waals surface area contributed by atoms with Crippen molar-refractivity contribution >= 4 is 5.91 Å². The molecule has 1 aliphatic heterocycles. The normalized spacial score (nSPS) is 23.3. The number of carbonyl (C=O) groups excluding carboxylic acids is 1. The van der Waals surface area contributed by atoms with Crippen molar-refractivity contribution in [3.05, 3.63) is 35.9 Å². The average Bonchev–Trinajstić information content (AvgIpc) is 2.55. The van der Waals surface area contributed by atoms with Gasteiger partial charge in [-0.05, 0) is 37.7 Å². The first-order chi connectivity index (χ1) is 10.5. The van der Waals surface area contributed by atoms with Crippen LogP contribution in [0.15, 0.2) is 30.3 Å². The van der Waals surface area contributed by atoms with Crippen molar-refractivity contribution in [3.8, 4) is 0 Å². The van der Waals surface area contributed by atoms with Crippen molar-refractivity contribution in [3.63, 3.8) is 0 Å². The SMILES string of the molecule is CC(CCCc1ccccc1)C(=O)N1CCCC(C)(CO)C1. The molecule has 1 N–H and O–H groups in total. The van der Waals surface area contributed by atoms with Gasteiger partial charge in [-0.15, -0.1) is 0 Å². The van der Waals surface area contributed by atoms with E-state index in [1.54, 1.807) is 0 Å². The quantitative estimate of drug-likeness (QED) is 0.876. The molecule has 1 heterocycles. The molecule has 3 heteroatoms. The van der Waals surface area contributed by atoms with E-state index in [-0.39, 0.29) is 23.8 Å². The number of nitrogens with zero attached hydrogens (tertiary/aromatic N) is 1. The molecule has 1 fully saturated rings. The molecule has 0 spiro atoms. The molecule has 0 aliphatic carbocycles. The lowest BCUT2D eigenvalue weighted by molar-refractivity contribution is -0.139. The molecular weight excluding hydrogens is 274 g/mol. The van der Waals surface area contributed by atoms with Gasteiger partial charge in [0, 0.05) is 24.4 Å². The number of aliphatic hydroxyl groups excluding tert-OH is 1. The number of aliphatic hydroxyl groups is 1. The van der Waals surface area contributed by atoms with Crippen LogP contribution in [-0.2, 0) is 11.2 Å². The van der Waals surface area contributed by atoms with E-state index in [1.807, 2.05) is 17.9 Å². The zero-order chi connectivity index (χ0) is 16.0. The van der Waals surface area contributed by atoms with E-state index >= 15 is 0 Å². The van der Waals surface area contributed by atoms with E-state index in [2.05, 4.69) is 31.2 Å². The minimum atomic E-state index is -0.113. The Morgan fingerprint density at radius 1 is 1.36 bits per heavy atom. The van der Waals surface area contributed by atoms with Gasteiger partial charge < -0.3 is 10.0 Å². The second-order valence-corrected chi connectivity index (χ2v) is 7.11. The van der Waals surface area contributed by atoms with Crippen LogP contribution in [0.25, 0.3) is 0 Å². The highest BCUT2D eigenvalue weighted by Crippen LogP contribution is 2.29. The average molecular weight is 303 g/mol. The molecule has 122 valence electrons. The Kier molecular flexibility index (Phi) is 6.01. The molecule has 0 bridgehead atoms. The van der Waals surface area contributed by atoms with E-state index in [0.29, 0.717) is 6.54 Å². The molecule has 1 aliphatic rings. The lowest BCUT2D eigenvalue weighted by Gasteiger charge is -2.40. The molecule has 2 unspecified atom stereocenters. The van der Waals surface area contributed by atoms with Crippen molar-refractivity contribution in [1.82, 2.24) is 4.90 Å². The first-order valence-electron chi connectivity index (χ1n) is 8.48. The number of rotatable bonds is 6. The monoisotopic (exact) mass is 303 g/mol. The van der Waals surface area contributed by atoms with Crippen LogP contribution in [0.3, 0.4) is 0 Å². The summed E-state index contributed by atoms with van der Waals surface area (Å²) < 4.78 is 0. The summed E-state index contributed by atoms with van der Waals surface area (Å²) in [6.07, 6.45) is 5.02. The van der Waals surface area contributed by atoms with Crippen LogP contribution in [0.5, 0.6) is 0 Å². The Balaban J connectivity index is 1.79. The smallest absolute Gasteiger partial charge is 0.225 e. The summed E-state index contributed by atoms with van der Waals surface area (Å²) in [5, 5.41) is 9.52. The van der Waals surface area contributed by atoms with Crippen LogP contribution in [0.1, 0.15) is 45.1 Å². The van der Waals surface area contributed by atoms with Crippen LogP contribution in [-0.4, -0.2) is 35.6 Å². The molecule has 3 nitrogen and oxygen atoms in total. The molecule has 0 aromatic heterocycles. The number of benzene rings is 1. The van der Waals surface area contributed by atoms with E-state index in [0.717, 1.165) is 38.6 Å². The first kappa shape index (κ1) is 17.0. The fraction of sp³-hybridized carbons (Fsp3) is 0.632. The Morgan fingerprint density at radius 3 is 2.77 bits per heavy atom. The summed E-state index contributed by atoms with van der Waals surface area (Å²) in [7, 11) is 0. The van der Waals surface area contributed by atoms with E-state index < -0.39 is 0 Å². The van der Waals surface area contributed by atoms with Crippen LogP contribution in [0, 0.1) is 11.3 Å². The van der Waals surface area contributed by atoms with Gasteiger partial charge in [0.15, 0.2) is 0 Å². The molecule has 22 heavy (non-hydrogen) atoms. The van der Waals surface area contributed by atoms with Crippen LogP contribution < -0.4 is 0 Å². The second kappa shape index (κ2) is 7.77. The van der Waals surface area contributed by atoms with Gasteiger partial charge in [0.2, 0.25) is 5.91 Å². The highest BCUT2D eigenvalue weighted by molar-refractivity contribution is 5.78. The topological polar surface area (TPSA) is 40.5 Å². The Hall–Kier alpha value is -1.35. The maximum absolute atomic E-state index is 12.6. The molecule has 1 aromatic carbocycles. The fourth-order valence-electron chi connectivity index (χ4n) is 3.32. The lowest BCUT2D eigenvalue weighted by Crippen LogP contribution is -2.48. The second-order valence-electron chi connectivity index (χ2n) is 7.11. The predicted octanol–water partition coefficient (Wildman–Crippen LogP) is 3.27. The molecule has 0 saturated carbocycles. The highest BCUT2D eigenvalue weighted by atomic mass is 16.3. The van der Waals surface area contributed by atoms with Crippen molar-refractivity contribution < 1.29 is 9.90 Å². The number of amides is 1. The fourth-order valence-corrected chi connectivity index (χ4v) is 3.32. The van der Waals surface area contributed by atoms with Gasteiger partial charge in [-0.2, -0.15) is 0 Å². The number of hydrogen-bond acceptors (Lipinski definition) is 2. The molecule has 2 atom stereocenters. The maximum Gasteiger partial charge on any atom is 0.225 e. The van der Waals surface area contributed by atoms with Gasteiger partial charge in [0.1, 0.15) is 0 Å². The Morgan fingerprint density at radius 2 is 2.09 bits per heavy atom. The Labute approximate surface area is 134 Å². The number of hydrogen-bond donors (Lipinski definition) is 1. The van der Waals surface area contributed by atoms with Gasteiger partial charge in [0.25, 0.3) is 0 Å². The standard InChI is InChI=1S/C19H29NO2/c1-16(8-6-11-17-9-4-3-5-10-17)18(22)20-13-7-12-19(2,14-20)15-21/h3-5,9-10,16,21H,6-8,11-15H2,1-2H3. The zero-order valence-electron chi connectivity index (χ0n) is 13.9. The Bertz CT molecular complexity index is 474. The summed E-state index contributed by atoms with van der Waals surface area (Å²) in [5.74, 6) is 0.331. The van der Waals surface area contributed by atoms with Crippen LogP contribution in [0.2, 0.25) is 0 Å². The third-order valence-electron chi connectivity index (χ3n) is 4.84. The molecular formula is C19H29NO2. The third-order valence-corrected chi connectivity index (χ3v) is 4.84. The van der Waals surface area contributed by atoms with Gasteiger partial charge >= 0.3 is 0 Å². The van der Waals surface area contributed by atoms with Crippen molar-refractivity contribution in [2.75, 3.05) is 19.7 Å². The van der Waals surface area contributed by atoms with Gasteiger partial charge in [-0.25, -0.2) is 0 Å². The third kappa shape index (κ3) is 4.57. The van der Waals surface area contributed by atoms with Gasteiger partial charge in [-0.1, -0.05) is 44.2 Å². The lowest BCUT2D eigenvalue weighted by atomic mass is 9.82. The molecule has 2 rings (SSSR count). The van der Waals surface area contributed by atoms with Gasteiger partial charge in [-0.3, -0.25) is 4.79 Å². The number of carbonyl (C=O) groups is 1. The summed E-state index contributed by atoms with van der Waals surface area (Å²) in [6.45, 7) is 5.83. The minimum Gasteiger partial charge on any atom is -0.396 e. The summed E-state index contributed by atoms with van der Waals surface area (Å²) in [5.41, 5.74) is 1.23. The molecule has 1 saturated heterocycles. The number of likely N-dealkylation sites (tertiary alicyclic amines) is 1. The van der Waals surface area contributed by atoms with E-state index in [1.165, 1.54) is 5.56 Å². The zero-order valence-corrected chi connectivity index (χ0v) is 13.9. The van der Waals surface area contributed by atoms with E-state index in [9.17, 15) is 9.90 Å². The van der Waals surface area contributed by atoms with Gasteiger partial charge in [0.05, 0.1) is 6.61 Å². The number of aryl methyl sites for hydroxylation is 1. The summed E-state index contributed by atoms with van der Waals surface area (Å²) >= 11 is 0. The van der Waals surface area contributed by atoms with E-state index in [4.69, 9.17) is 0 Å². The minimum absolute atomic E-state index is 0.0738. The maximum atomic E-state index is 12.6. The van der Waals surface area contributed by atoms with Crippen LogP contribution >= 0.6 is 0 Å². The highest BCUT2D eigenvalue weighted by Gasteiger charge is 2.33. The van der Waals surface area contributed by atoms with Crippen LogP contribution in [0.4, 0.5) is 0 Å². The van der Waals surface area contributed by atoms with Crippen molar-refractivity contribution in [2.24, 2.45) is 11.3 Å². The van der Waals surface area contributed by atoms with Crippen molar-refractivity contribution in [1.29, 1.82) is 0 Å². The molecule has 0 radical (unpaired) electrons. The van der Waals surface area contributed by atoms with Crippen molar-refractivity contribution in [2.45, 2.75) is 46.0 Å². The molecule has 1 amide bonds.